The Balaban J connectivity index is 3.09. The first-order valence-electron chi connectivity index (χ1n) is 3.87. The van der Waals surface area contributed by atoms with Crippen molar-refractivity contribution in [2.45, 2.75) is 0 Å². The van der Waals surface area contributed by atoms with Gasteiger partial charge < -0.3 is 0 Å². The summed E-state index contributed by atoms with van der Waals surface area (Å²) in [6, 6.07) is 5.38. The Labute approximate surface area is 100 Å². The summed E-state index contributed by atoms with van der Waals surface area (Å²) in [6.45, 7) is 0. The molecule has 0 aliphatic carbocycles. The van der Waals surface area contributed by atoms with Crippen LogP contribution in [0.4, 0.5) is 10.1 Å². The maximum absolute atomic E-state index is 13.2. The Hall–Kier alpha value is -1.82. The lowest BCUT2D eigenvalue weighted by Crippen LogP contribution is -1.99. The molecular formula is C9H3Cl2FN4. The molecule has 1 aromatic carbocycles. The summed E-state index contributed by atoms with van der Waals surface area (Å²) in [5, 5.41) is 20.2. The average Bonchev–Trinajstić information content (AvgIpc) is 2.29. The van der Waals surface area contributed by atoms with Gasteiger partial charge >= 0.3 is 0 Å². The van der Waals surface area contributed by atoms with Gasteiger partial charge in [-0.1, -0.05) is 23.2 Å². The zero-order valence-electron chi connectivity index (χ0n) is 7.63. The quantitative estimate of drug-likeness (QED) is 0.503. The first-order chi connectivity index (χ1) is 7.60. The number of nitrogens with zero attached hydrogens (tertiary/aromatic N) is 3. The molecule has 1 aromatic rings. The number of anilines is 1. The van der Waals surface area contributed by atoms with E-state index in [0.29, 0.717) is 0 Å². The standard InChI is InChI=1S/C9H3Cl2FN4/c10-6-1-2-7(12)9(8(6)11)16-15-5(3-13)4-14/h1-2,16H. The number of rotatable bonds is 2. The average molecular weight is 257 g/mol. The number of nitriles is 2. The first kappa shape index (κ1) is 12.3. The van der Waals surface area contributed by atoms with Crippen molar-refractivity contribution in [1.29, 1.82) is 10.5 Å². The van der Waals surface area contributed by atoms with Crippen molar-refractivity contribution in [3.8, 4) is 12.1 Å². The van der Waals surface area contributed by atoms with Crippen LogP contribution in [-0.2, 0) is 0 Å². The predicted molar refractivity (Wildman–Crippen MR) is 58.7 cm³/mol. The van der Waals surface area contributed by atoms with Gasteiger partial charge in [0.05, 0.1) is 10.0 Å². The minimum Gasteiger partial charge on any atom is -0.272 e. The second-order valence-electron chi connectivity index (χ2n) is 2.51. The fourth-order valence-corrected chi connectivity index (χ4v) is 1.17. The number of nitrogens with one attached hydrogen (secondary N) is 1. The van der Waals surface area contributed by atoms with E-state index in [1.165, 1.54) is 18.2 Å². The van der Waals surface area contributed by atoms with Crippen LogP contribution < -0.4 is 5.43 Å². The van der Waals surface area contributed by atoms with E-state index in [4.69, 9.17) is 33.7 Å². The van der Waals surface area contributed by atoms with Crippen LogP contribution in [0.1, 0.15) is 0 Å². The maximum Gasteiger partial charge on any atom is 0.237 e. The molecule has 0 unspecified atom stereocenters. The van der Waals surface area contributed by atoms with Crippen LogP contribution >= 0.6 is 23.2 Å². The Morgan fingerprint density at radius 1 is 1.31 bits per heavy atom. The summed E-state index contributed by atoms with van der Waals surface area (Å²) in [7, 11) is 0. The lowest BCUT2D eigenvalue weighted by Gasteiger charge is -2.05. The summed E-state index contributed by atoms with van der Waals surface area (Å²) in [5.41, 5.74) is 1.54. The Kier molecular flexibility index (Phi) is 4.07. The third-order valence-corrected chi connectivity index (χ3v) is 2.34. The minimum atomic E-state index is -0.687. The lowest BCUT2D eigenvalue weighted by molar-refractivity contribution is 0.631. The Bertz CT molecular complexity index is 512. The van der Waals surface area contributed by atoms with Crippen molar-refractivity contribution in [3.63, 3.8) is 0 Å². The molecule has 0 aromatic heterocycles. The second-order valence-corrected chi connectivity index (χ2v) is 3.30. The third-order valence-electron chi connectivity index (χ3n) is 1.54. The monoisotopic (exact) mass is 256 g/mol. The predicted octanol–water partition coefficient (Wildman–Crippen LogP) is 2.95. The van der Waals surface area contributed by atoms with E-state index in [9.17, 15) is 4.39 Å². The maximum atomic E-state index is 13.2. The van der Waals surface area contributed by atoms with E-state index in [0.717, 1.165) is 6.07 Å². The van der Waals surface area contributed by atoms with Crippen LogP contribution in [-0.4, -0.2) is 5.71 Å². The molecular weight excluding hydrogens is 254 g/mol. The van der Waals surface area contributed by atoms with Gasteiger partial charge in [0, 0.05) is 0 Å². The lowest BCUT2D eigenvalue weighted by atomic mass is 10.3. The topological polar surface area (TPSA) is 72.0 Å². The van der Waals surface area contributed by atoms with Gasteiger partial charge in [0.25, 0.3) is 0 Å². The zero-order chi connectivity index (χ0) is 12.1. The fraction of sp³-hybridized carbons (Fsp3) is 0. The van der Waals surface area contributed by atoms with Gasteiger partial charge in [0.15, 0.2) is 0 Å². The summed E-state index contributed by atoms with van der Waals surface area (Å²) in [4.78, 5) is 0. The van der Waals surface area contributed by atoms with E-state index in [1.54, 1.807) is 0 Å². The van der Waals surface area contributed by atoms with Crippen molar-refractivity contribution in [2.24, 2.45) is 5.10 Å². The summed E-state index contributed by atoms with van der Waals surface area (Å²) in [5.74, 6) is -0.687. The van der Waals surface area contributed by atoms with Crippen LogP contribution in [0, 0.1) is 28.5 Å². The Morgan fingerprint density at radius 2 is 1.94 bits per heavy atom. The number of halogens is 3. The summed E-state index contributed by atoms with van der Waals surface area (Å²) >= 11 is 11.4. The number of hydrogen-bond donors (Lipinski definition) is 1. The molecule has 0 aliphatic heterocycles. The molecule has 16 heavy (non-hydrogen) atoms. The van der Waals surface area contributed by atoms with Crippen LogP contribution in [0.25, 0.3) is 0 Å². The molecule has 1 N–H and O–H groups in total. The zero-order valence-corrected chi connectivity index (χ0v) is 9.14. The van der Waals surface area contributed by atoms with Gasteiger partial charge in [0.2, 0.25) is 5.71 Å². The third kappa shape index (κ3) is 2.60. The highest BCUT2D eigenvalue weighted by molar-refractivity contribution is 6.43. The molecule has 1 rings (SSSR count). The highest BCUT2D eigenvalue weighted by Gasteiger charge is 2.10. The largest absolute Gasteiger partial charge is 0.272 e. The van der Waals surface area contributed by atoms with Gasteiger partial charge in [-0.25, -0.2) is 4.39 Å². The van der Waals surface area contributed by atoms with Crippen molar-refractivity contribution in [2.75, 3.05) is 5.43 Å². The van der Waals surface area contributed by atoms with E-state index in [-0.39, 0.29) is 15.7 Å². The molecule has 80 valence electrons. The van der Waals surface area contributed by atoms with Gasteiger partial charge in [-0.2, -0.15) is 15.6 Å². The van der Waals surface area contributed by atoms with E-state index < -0.39 is 11.5 Å². The normalized spacial score (nSPS) is 8.81. The molecule has 0 saturated heterocycles. The van der Waals surface area contributed by atoms with Crippen LogP contribution in [0.15, 0.2) is 17.2 Å². The van der Waals surface area contributed by atoms with E-state index in [1.807, 2.05) is 0 Å². The molecule has 0 aliphatic rings. The van der Waals surface area contributed by atoms with Gasteiger partial charge in [-0.05, 0) is 12.1 Å². The van der Waals surface area contributed by atoms with Crippen LogP contribution in [0.3, 0.4) is 0 Å². The van der Waals surface area contributed by atoms with Crippen molar-refractivity contribution in [3.05, 3.63) is 28.0 Å². The summed E-state index contributed by atoms with van der Waals surface area (Å²) < 4.78 is 13.2. The van der Waals surface area contributed by atoms with Crippen LogP contribution in [0.2, 0.25) is 10.0 Å². The fourth-order valence-electron chi connectivity index (χ4n) is 0.816. The molecule has 0 heterocycles. The highest BCUT2D eigenvalue weighted by atomic mass is 35.5. The van der Waals surface area contributed by atoms with Gasteiger partial charge in [-0.3, -0.25) is 5.43 Å². The van der Waals surface area contributed by atoms with E-state index in [2.05, 4.69) is 10.5 Å². The molecule has 0 atom stereocenters. The molecule has 0 spiro atoms. The number of benzene rings is 1. The molecule has 0 fully saturated rings. The molecule has 0 bridgehead atoms. The number of hydrogen-bond acceptors (Lipinski definition) is 4. The van der Waals surface area contributed by atoms with Gasteiger partial charge in [-0.15, -0.1) is 0 Å². The van der Waals surface area contributed by atoms with Crippen molar-refractivity contribution >= 4 is 34.6 Å². The number of hydrazone groups is 1. The first-order valence-corrected chi connectivity index (χ1v) is 4.63. The smallest absolute Gasteiger partial charge is 0.237 e. The van der Waals surface area contributed by atoms with Crippen LogP contribution in [0.5, 0.6) is 0 Å². The van der Waals surface area contributed by atoms with Gasteiger partial charge in [0.1, 0.15) is 23.6 Å². The molecule has 0 radical (unpaired) electrons. The summed E-state index contributed by atoms with van der Waals surface area (Å²) in [6.07, 6.45) is 0. The van der Waals surface area contributed by atoms with E-state index >= 15 is 0 Å². The van der Waals surface area contributed by atoms with Crippen molar-refractivity contribution < 1.29 is 4.39 Å². The Morgan fingerprint density at radius 3 is 2.50 bits per heavy atom. The van der Waals surface area contributed by atoms with Crippen molar-refractivity contribution in [1.82, 2.24) is 0 Å². The SMILES string of the molecule is N#CC(C#N)=NNc1c(F)ccc(Cl)c1Cl. The highest BCUT2D eigenvalue weighted by Crippen LogP contribution is 2.32. The molecule has 4 nitrogen and oxygen atoms in total. The molecule has 7 heteroatoms. The molecule has 0 amide bonds. The minimum absolute atomic E-state index is 0.0688. The second kappa shape index (κ2) is 5.32. The molecule has 0 saturated carbocycles.